The Labute approximate surface area is 125 Å². The first-order valence-corrected chi connectivity index (χ1v) is 6.70. The van der Waals surface area contributed by atoms with Gasteiger partial charge in [-0.05, 0) is 11.6 Å². The standard InChI is InChI=1S/C15H13ClFN3O/c1-21-14-7-13-12(6-11(14)17)19-15(18)20(13)8-9-4-2-3-5-10(9)16/h2-7H,8H2,1H3,(H2,18,19). The van der Waals surface area contributed by atoms with Crippen molar-refractivity contribution in [2.45, 2.75) is 6.54 Å². The van der Waals surface area contributed by atoms with Crippen LogP contribution >= 0.6 is 11.6 Å². The summed E-state index contributed by atoms with van der Waals surface area (Å²) in [5.74, 6) is -0.00669. The van der Waals surface area contributed by atoms with E-state index in [0.717, 1.165) is 5.56 Å². The number of imidazole rings is 1. The van der Waals surface area contributed by atoms with Gasteiger partial charge in [-0.25, -0.2) is 9.37 Å². The summed E-state index contributed by atoms with van der Waals surface area (Å²) in [6.45, 7) is 0.455. The van der Waals surface area contributed by atoms with Crippen LogP contribution in [-0.4, -0.2) is 16.7 Å². The molecule has 3 aromatic rings. The normalized spacial score (nSPS) is 11.0. The van der Waals surface area contributed by atoms with E-state index in [4.69, 9.17) is 22.1 Å². The molecule has 0 saturated heterocycles. The monoisotopic (exact) mass is 305 g/mol. The molecule has 2 N–H and O–H groups in total. The number of methoxy groups -OCH3 is 1. The number of fused-ring (bicyclic) bond motifs is 1. The van der Waals surface area contributed by atoms with E-state index in [1.165, 1.54) is 13.2 Å². The SMILES string of the molecule is COc1cc2c(cc1F)nc(N)n2Cc1ccccc1Cl. The van der Waals surface area contributed by atoms with E-state index in [0.29, 0.717) is 28.5 Å². The van der Waals surface area contributed by atoms with Gasteiger partial charge >= 0.3 is 0 Å². The van der Waals surface area contributed by atoms with Crippen molar-refractivity contribution < 1.29 is 9.13 Å². The summed E-state index contributed by atoms with van der Waals surface area (Å²) in [7, 11) is 1.42. The highest BCUT2D eigenvalue weighted by molar-refractivity contribution is 6.31. The van der Waals surface area contributed by atoms with Gasteiger partial charge in [-0.2, -0.15) is 0 Å². The van der Waals surface area contributed by atoms with Crippen molar-refractivity contribution in [3.05, 3.63) is 52.8 Å². The fraction of sp³-hybridized carbons (Fsp3) is 0.133. The summed E-state index contributed by atoms with van der Waals surface area (Å²) in [5, 5.41) is 0.646. The number of nitrogen functional groups attached to an aromatic ring is 1. The summed E-state index contributed by atoms with van der Waals surface area (Å²) in [5.41, 5.74) is 8.03. The number of hydrogen-bond donors (Lipinski definition) is 1. The van der Waals surface area contributed by atoms with E-state index >= 15 is 0 Å². The largest absolute Gasteiger partial charge is 0.494 e. The van der Waals surface area contributed by atoms with Crippen molar-refractivity contribution in [3.8, 4) is 5.75 Å². The van der Waals surface area contributed by atoms with E-state index in [1.807, 2.05) is 24.3 Å². The predicted molar refractivity (Wildman–Crippen MR) is 81.2 cm³/mol. The third kappa shape index (κ3) is 2.40. The summed E-state index contributed by atoms with van der Waals surface area (Å²) >= 11 is 6.17. The molecule has 0 bridgehead atoms. The number of nitrogens with zero attached hydrogens (tertiary/aromatic N) is 2. The minimum Gasteiger partial charge on any atom is -0.494 e. The van der Waals surface area contributed by atoms with Crippen molar-refractivity contribution >= 4 is 28.6 Å². The Balaban J connectivity index is 2.14. The average molecular weight is 306 g/mol. The number of ether oxygens (including phenoxy) is 1. The van der Waals surface area contributed by atoms with Crippen LogP contribution in [0.1, 0.15) is 5.56 Å². The van der Waals surface area contributed by atoms with Gasteiger partial charge in [0.15, 0.2) is 11.6 Å². The molecule has 0 aliphatic rings. The van der Waals surface area contributed by atoms with E-state index in [-0.39, 0.29) is 5.75 Å². The first kappa shape index (κ1) is 13.7. The Morgan fingerprint density at radius 1 is 1.33 bits per heavy atom. The number of hydrogen-bond acceptors (Lipinski definition) is 3. The average Bonchev–Trinajstić information content (AvgIpc) is 2.75. The zero-order chi connectivity index (χ0) is 15.0. The minimum atomic E-state index is -0.465. The molecular formula is C15H13ClFN3O. The zero-order valence-corrected chi connectivity index (χ0v) is 12.1. The quantitative estimate of drug-likeness (QED) is 0.806. The van der Waals surface area contributed by atoms with Crippen LogP contribution < -0.4 is 10.5 Å². The van der Waals surface area contributed by atoms with Crippen LogP contribution in [0.4, 0.5) is 10.3 Å². The highest BCUT2D eigenvalue weighted by Gasteiger charge is 2.14. The maximum Gasteiger partial charge on any atom is 0.201 e. The van der Waals surface area contributed by atoms with E-state index < -0.39 is 5.82 Å². The van der Waals surface area contributed by atoms with E-state index in [2.05, 4.69) is 4.98 Å². The Kier molecular flexibility index (Phi) is 3.43. The molecule has 3 rings (SSSR count). The molecule has 0 aliphatic carbocycles. The number of aromatic nitrogens is 2. The molecule has 21 heavy (non-hydrogen) atoms. The van der Waals surface area contributed by atoms with Crippen LogP contribution in [0.25, 0.3) is 11.0 Å². The smallest absolute Gasteiger partial charge is 0.201 e. The number of halogens is 2. The second-order valence-corrected chi connectivity index (χ2v) is 5.03. The lowest BCUT2D eigenvalue weighted by Gasteiger charge is -2.09. The molecule has 0 fully saturated rings. The van der Waals surface area contributed by atoms with Crippen molar-refractivity contribution in [3.63, 3.8) is 0 Å². The second kappa shape index (κ2) is 5.26. The number of rotatable bonds is 3. The Morgan fingerprint density at radius 2 is 2.10 bits per heavy atom. The van der Waals surface area contributed by atoms with Crippen LogP contribution in [0, 0.1) is 5.82 Å². The molecule has 108 valence electrons. The molecule has 0 atom stereocenters. The summed E-state index contributed by atoms with van der Waals surface area (Å²) in [6.07, 6.45) is 0. The third-order valence-electron chi connectivity index (χ3n) is 3.34. The van der Waals surface area contributed by atoms with Gasteiger partial charge in [-0.15, -0.1) is 0 Å². The van der Waals surface area contributed by atoms with E-state index in [9.17, 15) is 4.39 Å². The maximum atomic E-state index is 13.7. The van der Waals surface area contributed by atoms with Gasteiger partial charge in [0.1, 0.15) is 0 Å². The predicted octanol–water partition coefficient (Wildman–Crippen LogP) is 3.47. The first-order valence-electron chi connectivity index (χ1n) is 6.33. The minimum absolute atomic E-state index is 0.155. The number of anilines is 1. The Bertz CT molecular complexity index is 816. The van der Waals surface area contributed by atoms with Crippen molar-refractivity contribution in [2.75, 3.05) is 12.8 Å². The van der Waals surface area contributed by atoms with Crippen molar-refractivity contribution in [2.24, 2.45) is 0 Å². The summed E-state index contributed by atoms with van der Waals surface area (Å²) in [4.78, 5) is 4.18. The lowest BCUT2D eigenvalue weighted by atomic mass is 10.2. The van der Waals surface area contributed by atoms with Crippen LogP contribution in [0.15, 0.2) is 36.4 Å². The molecule has 4 nitrogen and oxygen atoms in total. The van der Waals surface area contributed by atoms with Gasteiger partial charge in [-0.1, -0.05) is 29.8 Å². The summed E-state index contributed by atoms with van der Waals surface area (Å²) in [6, 6.07) is 10.4. The van der Waals surface area contributed by atoms with Crippen LogP contribution in [0.3, 0.4) is 0 Å². The summed E-state index contributed by atoms with van der Waals surface area (Å²) < 4.78 is 20.5. The lowest BCUT2D eigenvalue weighted by Crippen LogP contribution is -2.05. The molecular weight excluding hydrogens is 293 g/mol. The maximum absolute atomic E-state index is 13.7. The van der Waals surface area contributed by atoms with Crippen LogP contribution in [-0.2, 0) is 6.54 Å². The van der Waals surface area contributed by atoms with Gasteiger partial charge in [0, 0.05) is 17.2 Å². The van der Waals surface area contributed by atoms with Gasteiger partial charge in [0.25, 0.3) is 0 Å². The third-order valence-corrected chi connectivity index (χ3v) is 3.71. The molecule has 0 unspecified atom stereocenters. The molecule has 2 aromatic carbocycles. The Hall–Kier alpha value is -2.27. The number of nitrogens with two attached hydrogens (primary N) is 1. The van der Waals surface area contributed by atoms with E-state index in [1.54, 1.807) is 10.6 Å². The highest BCUT2D eigenvalue weighted by atomic mass is 35.5. The number of benzene rings is 2. The fourth-order valence-electron chi connectivity index (χ4n) is 2.26. The highest BCUT2D eigenvalue weighted by Crippen LogP contribution is 2.28. The van der Waals surface area contributed by atoms with Crippen molar-refractivity contribution in [1.82, 2.24) is 9.55 Å². The van der Waals surface area contributed by atoms with Gasteiger partial charge in [0.2, 0.25) is 5.95 Å². The molecule has 0 amide bonds. The molecule has 6 heteroatoms. The molecule has 0 aliphatic heterocycles. The molecule has 0 spiro atoms. The Morgan fingerprint density at radius 3 is 2.81 bits per heavy atom. The molecule has 1 heterocycles. The molecule has 0 saturated carbocycles. The topological polar surface area (TPSA) is 53.1 Å². The van der Waals surface area contributed by atoms with Crippen LogP contribution in [0.2, 0.25) is 5.02 Å². The fourth-order valence-corrected chi connectivity index (χ4v) is 2.46. The zero-order valence-electron chi connectivity index (χ0n) is 11.3. The molecule has 1 aromatic heterocycles. The van der Waals surface area contributed by atoms with Gasteiger partial charge < -0.3 is 15.0 Å². The van der Waals surface area contributed by atoms with Gasteiger partial charge in [-0.3, -0.25) is 0 Å². The van der Waals surface area contributed by atoms with Crippen LogP contribution in [0.5, 0.6) is 5.75 Å². The first-order chi connectivity index (χ1) is 10.1. The second-order valence-electron chi connectivity index (χ2n) is 4.62. The lowest BCUT2D eigenvalue weighted by molar-refractivity contribution is 0.387. The molecule has 0 radical (unpaired) electrons. The van der Waals surface area contributed by atoms with Crippen molar-refractivity contribution in [1.29, 1.82) is 0 Å². The van der Waals surface area contributed by atoms with Gasteiger partial charge in [0.05, 0.1) is 24.7 Å².